The number of carbonyl (C=O) groups is 4. The van der Waals surface area contributed by atoms with Gasteiger partial charge < -0.3 is 35.6 Å². The second-order valence-electron chi connectivity index (χ2n) is 17.8. The molecule has 0 unspecified atom stereocenters. The number of aromatic amines is 2. The molecule has 5 aromatic rings. The minimum atomic E-state index is -0.689. The monoisotopic (exact) mass is 839 g/mol. The predicted molar refractivity (Wildman–Crippen MR) is 235 cm³/mol. The Morgan fingerprint density at radius 3 is 1.98 bits per heavy atom. The first kappa shape index (κ1) is 42.4. The minimum Gasteiger partial charge on any atom is -0.453 e. The second-order valence-corrected chi connectivity index (χ2v) is 17.8. The number of pyridine rings is 1. The number of methoxy groups -OCH3 is 1. The van der Waals surface area contributed by atoms with Crippen LogP contribution in [0.25, 0.3) is 33.6 Å². The van der Waals surface area contributed by atoms with Gasteiger partial charge in [0.2, 0.25) is 17.7 Å². The first-order valence-corrected chi connectivity index (χ1v) is 21.9. The smallest absolute Gasteiger partial charge is 0.407 e. The molecule has 3 fully saturated rings. The summed E-state index contributed by atoms with van der Waals surface area (Å²) in [4.78, 5) is 75.5. The summed E-state index contributed by atoms with van der Waals surface area (Å²) in [6.07, 6.45) is 11.2. The van der Waals surface area contributed by atoms with Crippen molar-refractivity contribution >= 4 is 23.8 Å². The van der Waals surface area contributed by atoms with Gasteiger partial charge in [0.15, 0.2) is 0 Å². The van der Waals surface area contributed by atoms with Crippen molar-refractivity contribution in [3.63, 3.8) is 0 Å². The zero-order valence-electron chi connectivity index (χ0n) is 36.1. The number of amides is 4. The molecule has 4 heterocycles. The van der Waals surface area contributed by atoms with Gasteiger partial charge in [0.1, 0.15) is 23.7 Å². The van der Waals surface area contributed by atoms with Crippen LogP contribution in [0.2, 0.25) is 0 Å². The van der Waals surface area contributed by atoms with Crippen molar-refractivity contribution in [1.82, 2.24) is 45.8 Å². The molecule has 2 saturated carbocycles. The number of ether oxygens (including phenoxy) is 1. The van der Waals surface area contributed by atoms with Crippen LogP contribution in [0.1, 0.15) is 89.0 Å². The Morgan fingerprint density at radius 1 is 0.758 bits per heavy atom. The van der Waals surface area contributed by atoms with Gasteiger partial charge in [-0.3, -0.25) is 19.4 Å². The van der Waals surface area contributed by atoms with Gasteiger partial charge in [-0.15, -0.1) is 0 Å². The van der Waals surface area contributed by atoms with Gasteiger partial charge in [0, 0.05) is 31.4 Å². The maximum Gasteiger partial charge on any atom is 0.407 e. The van der Waals surface area contributed by atoms with Crippen molar-refractivity contribution < 1.29 is 23.9 Å². The quantitative estimate of drug-likeness (QED) is 0.0780. The Balaban J connectivity index is 0.908. The van der Waals surface area contributed by atoms with Crippen LogP contribution in [0.3, 0.4) is 0 Å². The van der Waals surface area contributed by atoms with Crippen LogP contribution in [0.15, 0.2) is 85.5 Å². The standard InChI is InChI=1S/C48H57N9O5/c1-27(2)41(46(59)52-24-29-8-6-20-49-23-29)55-45(58)40-35-19-18-34(22-35)39(40)44-51-26-37(54-44)33-16-12-31(13-17-33)30-10-14-32(15-11-30)36-25-50-43(53-36)38-9-7-21-57(38)47(60)42(28(3)4)56-48(61)62-5/h6,8,10-17,20,23,25-28,34-35,38-42H,7,9,18-19,21-22,24H2,1-5H3,(H,50,53)(H,51,54)(H,52,59)(H,55,58)(H,56,61)/t34-,35+,38-,39+,40+,41-,42-/m0/s1. The summed E-state index contributed by atoms with van der Waals surface area (Å²) in [5, 5.41) is 8.83. The molecule has 324 valence electrons. The molecular weight excluding hydrogens is 783 g/mol. The van der Waals surface area contributed by atoms with Gasteiger partial charge >= 0.3 is 6.09 Å². The lowest BCUT2D eigenvalue weighted by Gasteiger charge is -2.31. The molecule has 5 N–H and O–H groups in total. The number of aromatic nitrogens is 5. The Morgan fingerprint density at radius 2 is 1.37 bits per heavy atom. The molecular formula is C48H57N9O5. The lowest BCUT2D eigenvalue weighted by Crippen LogP contribution is -2.52. The number of likely N-dealkylation sites (tertiary alicyclic amines) is 1. The number of hydrogen-bond acceptors (Lipinski definition) is 8. The Labute approximate surface area is 362 Å². The first-order valence-electron chi connectivity index (χ1n) is 21.9. The Hall–Kier alpha value is -6.31. The number of nitrogens with one attached hydrogen (secondary N) is 5. The van der Waals surface area contributed by atoms with Gasteiger partial charge in [-0.2, -0.15) is 0 Å². The molecule has 14 heteroatoms. The van der Waals surface area contributed by atoms with Crippen molar-refractivity contribution in [3.05, 3.63) is 103 Å². The summed E-state index contributed by atoms with van der Waals surface area (Å²) in [6, 6.07) is 18.9. The minimum absolute atomic E-state index is 0.0373. The second kappa shape index (κ2) is 18.3. The number of hydrogen-bond donors (Lipinski definition) is 5. The molecule has 0 radical (unpaired) electrons. The largest absolute Gasteiger partial charge is 0.453 e. The highest BCUT2D eigenvalue weighted by atomic mass is 16.5. The molecule has 4 amide bonds. The van der Waals surface area contributed by atoms with E-state index < -0.39 is 18.2 Å². The third-order valence-corrected chi connectivity index (χ3v) is 13.1. The predicted octanol–water partition coefficient (Wildman–Crippen LogP) is 7.16. The number of fused-ring (bicyclic) bond motifs is 2. The van der Waals surface area contributed by atoms with Gasteiger partial charge in [-0.1, -0.05) is 82.3 Å². The molecule has 1 aliphatic heterocycles. The lowest BCUT2D eigenvalue weighted by atomic mass is 9.78. The molecule has 62 heavy (non-hydrogen) atoms. The number of carbonyl (C=O) groups excluding carboxylic acids is 4. The van der Waals surface area contributed by atoms with Crippen LogP contribution >= 0.6 is 0 Å². The highest BCUT2D eigenvalue weighted by Gasteiger charge is 2.53. The number of H-pyrrole nitrogens is 2. The highest BCUT2D eigenvalue weighted by molar-refractivity contribution is 5.89. The van der Waals surface area contributed by atoms with Crippen molar-refractivity contribution in [1.29, 1.82) is 0 Å². The van der Waals surface area contributed by atoms with E-state index in [-0.39, 0.29) is 53.4 Å². The van der Waals surface area contributed by atoms with Crippen molar-refractivity contribution in [2.75, 3.05) is 13.7 Å². The maximum absolute atomic E-state index is 14.1. The summed E-state index contributed by atoms with van der Waals surface area (Å²) >= 11 is 0. The molecule has 2 bridgehead atoms. The molecule has 14 nitrogen and oxygen atoms in total. The van der Waals surface area contributed by atoms with Crippen LogP contribution in [0, 0.1) is 29.6 Å². The van der Waals surface area contributed by atoms with Crippen molar-refractivity contribution in [3.8, 4) is 33.6 Å². The third kappa shape index (κ3) is 8.86. The van der Waals surface area contributed by atoms with E-state index >= 15 is 0 Å². The number of rotatable bonds is 14. The molecule has 0 spiro atoms. The van der Waals surface area contributed by atoms with E-state index in [1.54, 1.807) is 12.4 Å². The number of alkyl carbamates (subject to hydrolysis) is 1. The topological polar surface area (TPSA) is 187 Å². The zero-order valence-corrected chi connectivity index (χ0v) is 36.1. The fourth-order valence-corrected chi connectivity index (χ4v) is 9.83. The number of nitrogens with zero attached hydrogens (tertiary/aromatic N) is 4. The molecule has 3 aliphatic rings. The van der Waals surface area contributed by atoms with E-state index in [1.807, 2.05) is 57.1 Å². The van der Waals surface area contributed by atoms with Crippen LogP contribution in [-0.4, -0.2) is 79.4 Å². The number of imidazole rings is 2. The number of benzene rings is 2. The fraction of sp³-hybridized carbons (Fsp3) is 0.438. The van der Waals surface area contributed by atoms with Crippen LogP contribution < -0.4 is 16.0 Å². The van der Waals surface area contributed by atoms with Crippen molar-refractivity contribution in [2.45, 2.75) is 90.4 Å². The Bertz CT molecular complexity index is 2360. The summed E-state index contributed by atoms with van der Waals surface area (Å²) in [6.45, 7) is 8.67. The molecule has 2 aromatic carbocycles. The van der Waals surface area contributed by atoms with E-state index in [9.17, 15) is 19.2 Å². The molecule has 2 aliphatic carbocycles. The summed E-state index contributed by atoms with van der Waals surface area (Å²) in [5.41, 5.74) is 6.78. The summed E-state index contributed by atoms with van der Waals surface area (Å²) < 4.78 is 4.77. The summed E-state index contributed by atoms with van der Waals surface area (Å²) in [5.74, 6) is 1.31. The van der Waals surface area contributed by atoms with E-state index in [1.165, 1.54) is 7.11 Å². The fourth-order valence-electron chi connectivity index (χ4n) is 9.83. The molecule has 3 aromatic heterocycles. The maximum atomic E-state index is 14.1. The van der Waals surface area contributed by atoms with Crippen LogP contribution in [-0.2, 0) is 25.7 Å². The van der Waals surface area contributed by atoms with Gasteiger partial charge in [0.05, 0.1) is 42.9 Å². The first-order chi connectivity index (χ1) is 30.0. The molecule has 8 rings (SSSR count). The van der Waals surface area contributed by atoms with Gasteiger partial charge in [-0.05, 0) is 89.7 Å². The molecule has 1 saturated heterocycles. The summed E-state index contributed by atoms with van der Waals surface area (Å²) in [7, 11) is 1.29. The van der Waals surface area contributed by atoms with Gasteiger partial charge in [0.25, 0.3) is 0 Å². The average molecular weight is 840 g/mol. The van der Waals surface area contributed by atoms with E-state index in [0.717, 1.165) is 83.0 Å². The third-order valence-electron chi connectivity index (χ3n) is 13.1. The Kier molecular flexibility index (Phi) is 12.5. The van der Waals surface area contributed by atoms with E-state index in [4.69, 9.17) is 14.7 Å². The van der Waals surface area contributed by atoms with E-state index in [2.05, 4.69) is 79.4 Å². The molecule has 7 atom stereocenters. The average Bonchev–Trinajstić information content (AvgIpc) is 4.15. The van der Waals surface area contributed by atoms with E-state index in [0.29, 0.717) is 19.0 Å². The van der Waals surface area contributed by atoms with Crippen molar-refractivity contribution in [2.24, 2.45) is 29.6 Å². The highest BCUT2D eigenvalue weighted by Crippen LogP contribution is 2.56. The van der Waals surface area contributed by atoms with Gasteiger partial charge in [-0.25, -0.2) is 14.8 Å². The van der Waals surface area contributed by atoms with Crippen LogP contribution in [0.4, 0.5) is 4.79 Å². The zero-order chi connectivity index (χ0) is 43.5. The normalized spacial score (nSPS) is 21.5. The lowest BCUT2D eigenvalue weighted by molar-refractivity contribution is -0.135. The SMILES string of the molecule is COC(=O)N[C@H](C(=O)N1CCC[C@H]1c1ncc(-c2ccc(-c3ccc(-c4cnc([C@@H]5[C@H]6CC[C@H](C6)[C@H]5C(=O)N[C@H](C(=O)NCc5cccnc5)C(C)C)[nH]4)cc3)cc2)[nH]1)C(C)C. The van der Waals surface area contributed by atoms with Crippen LogP contribution in [0.5, 0.6) is 0 Å².